The highest BCUT2D eigenvalue weighted by atomic mass is 19.4. The van der Waals surface area contributed by atoms with Gasteiger partial charge >= 0.3 is 12.1 Å². The zero-order chi connectivity index (χ0) is 18.6. The highest BCUT2D eigenvalue weighted by Crippen LogP contribution is 2.40. The first-order valence-electron chi connectivity index (χ1n) is 7.94. The summed E-state index contributed by atoms with van der Waals surface area (Å²) in [5, 5.41) is 11.7. The predicted molar refractivity (Wildman–Crippen MR) is 84.2 cm³/mol. The van der Waals surface area contributed by atoms with Gasteiger partial charge < -0.3 is 15.2 Å². The first-order valence-corrected chi connectivity index (χ1v) is 7.94. The molecule has 5 nitrogen and oxygen atoms in total. The van der Waals surface area contributed by atoms with Crippen molar-refractivity contribution in [3.63, 3.8) is 0 Å². The van der Waals surface area contributed by atoms with Gasteiger partial charge in [0.05, 0.1) is 18.1 Å². The van der Waals surface area contributed by atoms with Crippen molar-refractivity contribution in [1.29, 1.82) is 0 Å². The summed E-state index contributed by atoms with van der Waals surface area (Å²) in [6, 6.07) is 4.25. The number of aromatic carboxylic acids is 1. The van der Waals surface area contributed by atoms with Crippen molar-refractivity contribution in [2.45, 2.75) is 38.5 Å². The SMILES string of the molecule is COCc1cc(NC(=O)C2CCCC(C(F)(F)F)C2)cc(C(=O)O)c1. The quantitative estimate of drug-likeness (QED) is 0.838. The van der Waals surface area contributed by atoms with Gasteiger partial charge in [0.2, 0.25) is 5.91 Å². The number of alkyl halides is 3. The predicted octanol–water partition coefficient (Wildman–Crippen LogP) is 3.84. The molecular formula is C17H20F3NO4. The summed E-state index contributed by atoms with van der Waals surface area (Å²) in [6.07, 6.45) is -3.76. The second kappa shape index (κ2) is 7.86. The molecule has 25 heavy (non-hydrogen) atoms. The molecular weight excluding hydrogens is 339 g/mol. The lowest BCUT2D eigenvalue weighted by atomic mass is 9.80. The Morgan fingerprint density at radius 1 is 1.28 bits per heavy atom. The van der Waals surface area contributed by atoms with Gasteiger partial charge in [-0.05, 0) is 43.0 Å². The van der Waals surface area contributed by atoms with Gasteiger partial charge in [0, 0.05) is 18.7 Å². The van der Waals surface area contributed by atoms with E-state index >= 15 is 0 Å². The van der Waals surface area contributed by atoms with Crippen LogP contribution in [-0.4, -0.2) is 30.3 Å². The standard InChI is InChI=1S/C17H20F3NO4/c1-25-9-10-5-12(16(23)24)8-14(6-10)21-15(22)11-3-2-4-13(7-11)17(18,19)20/h5-6,8,11,13H,2-4,7,9H2,1H3,(H,21,22)(H,23,24). The van der Waals surface area contributed by atoms with Crippen LogP contribution in [0.15, 0.2) is 18.2 Å². The average Bonchev–Trinajstić information content (AvgIpc) is 2.54. The van der Waals surface area contributed by atoms with E-state index in [9.17, 15) is 22.8 Å². The molecule has 1 fully saturated rings. The van der Waals surface area contributed by atoms with Gasteiger partial charge in [-0.1, -0.05) is 6.42 Å². The molecule has 0 heterocycles. The number of methoxy groups -OCH3 is 1. The minimum atomic E-state index is -4.30. The van der Waals surface area contributed by atoms with Crippen molar-refractivity contribution in [2.24, 2.45) is 11.8 Å². The lowest BCUT2D eigenvalue weighted by Gasteiger charge is -2.29. The normalized spacial score (nSPS) is 21.0. The van der Waals surface area contributed by atoms with E-state index in [1.165, 1.54) is 19.2 Å². The van der Waals surface area contributed by atoms with E-state index < -0.39 is 29.9 Å². The van der Waals surface area contributed by atoms with Crippen LogP contribution < -0.4 is 5.32 Å². The maximum atomic E-state index is 12.9. The number of nitrogens with one attached hydrogen (secondary N) is 1. The molecule has 8 heteroatoms. The summed E-state index contributed by atoms with van der Waals surface area (Å²) in [7, 11) is 1.45. The molecule has 1 saturated carbocycles. The number of amides is 1. The Kier molecular flexibility index (Phi) is 6.05. The second-order valence-corrected chi connectivity index (χ2v) is 6.25. The first-order chi connectivity index (χ1) is 11.7. The number of carbonyl (C=O) groups excluding carboxylic acids is 1. The third-order valence-corrected chi connectivity index (χ3v) is 4.33. The lowest BCUT2D eigenvalue weighted by Crippen LogP contribution is -2.34. The zero-order valence-corrected chi connectivity index (χ0v) is 13.7. The van der Waals surface area contributed by atoms with Crippen molar-refractivity contribution in [3.8, 4) is 0 Å². The molecule has 2 rings (SSSR count). The van der Waals surface area contributed by atoms with Gasteiger partial charge in [-0.3, -0.25) is 4.79 Å². The fraction of sp³-hybridized carbons (Fsp3) is 0.529. The molecule has 1 aromatic rings. The minimum absolute atomic E-state index is 0.0262. The van der Waals surface area contributed by atoms with Gasteiger partial charge in [0.15, 0.2) is 0 Å². The van der Waals surface area contributed by atoms with Crippen LogP contribution in [0.5, 0.6) is 0 Å². The number of ether oxygens (including phenoxy) is 1. The van der Waals surface area contributed by atoms with Gasteiger partial charge in [-0.25, -0.2) is 4.79 Å². The molecule has 2 atom stereocenters. The summed E-state index contributed by atoms with van der Waals surface area (Å²) in [5.74, 6) is -3.88. The van der Waals surface area contributed by atoms with E-state index in [0.29, 0.717) is 18.4 Å². The van der Waals surface area contributed by atoms with Gasteiger partial charge in [-0.15, -0.1) is 0 Å². The van der Waals surface area contributed by atoms with E-state index in [0.717, 1.165) is 0 Å². The van der Waals surface area contributed by atoms with Crippen molar-refractivity contribution in [1.82, 2.24) is 0 Å². The molecule has 0 aromatic heterocycles. The van der Waals surface area contributed by atoms with Gasteiger partial charge in [0.1, 0.15) is 0 Å². The van der Waals surface area contributed by atoms with Crippen LogP contribution >= 0.6 is 0 Å². The number of rotatable bonds is 5. The highest BCUT2D eigenvalue weighted by Gasteiger charge is 2.43. The monoisotopic (exact) mass is 359 g/mol. The summed E-state index contributed by atoms with van der Waals surface area (Å²) in [6.45, 7) is 0.156. The fourth-order valence-corrected chi connectivity index (χ4v) is 3.11. The number of carboxylic acids is 1. The Bertz CT molecular complexity index is 645. The number of hydrogen-bond acceptors (Lipinski definition) is 3. The Morgan fingerprint density at radius 2 is 2.00 bits per heavy atom. The summed E-state index contributed by atoms with van der Waals surface area (Å²) in [4.78, 5) is 23.5. The molecule has 2 unspecified atom stereocenters. The molecule has 0 spiro atoms. The molecule has 1 aliphatic carbocycles. The number of halogens is 3. The molecule has 0 aliphatic heterocycles. The Morgan fingerprint density at radius 3 is 2.60 bits per heavy atom. The molecule has 1 amide bonds. The van der Waals surface area contributed by atoms with Crippen LogP contribution in [0.2, 0.25) is 0 Å². The fourth-order valence-electron chi connectivity index (χ4n) is 3.11. The number of carboxylic acid groups (broad SMARTS) is 1. The van der Waals surface area contributed by atoms with Crippen LogP contribution in [0.25, 0.3) is 0 Å². The average molecular weight is 359 g/mol. The van der Waals surface area contributed by atoms with Crippen LogP contribution in [-0.2, 0) is 16.1 Å². The second-order valence-electron chi connectivity index (χ2n) is 6.25. The van der Waals surface area contributed by atoms with Gasteiger partial charge in [0.25, 0.3) is 0 Å². The molecule has 0 saturated heterocycles. The maximum Gasteiger partial charge on any atom is 0.391 e. The number of carbonyl (C=O) groups is 2. The largest absolute Gasteiger partial charge is 0.478 e. The molecule has 1 aromatic carbocycles. The van der Waals surface area contributed by atoms with Crippen molar-refractivity contribution in [2.75, 3.05) is 12.4 Å². The topological polar surface area (TPSA) is 75.6 Å². The molecule has 2 N–H and O–H groups in total. The van der Waals surface area contributed by atoms with Crippen molar-refractivity contribution >= 4 is 17.6 Å². The lowest BCUT2D eigenvalue weighted by molar-refractivity contribution is -0.185. The summed E-state index contributed by atoms with van der Waals surface area (Å²) in [5.41, 5.74) is 0.766. The smallest absolute Gasteiger partial charge is 0.391 e. The van der Waals surface area contributed by atoms with E-state index in [2.05, 4.69) is 5.32 Å². The van der Waals surface area contributed by atoms with E-state index in [1.54, 1.807) is 6.07 Å². The number of hydrogen-bond donors (Lipinski definition) is 2. The molecule has 138 valence electrons. The molecule has 0 bridgehead atoms. The van der Waals surface area contributed by atoms with E-state index in [1.807, 2.05) is 0 Å². The van der Waals surface area contributed by atoms with Gasteiger partial charge in [-0.2, -0.15) is 13.2 Å². The Labute approximate surface area is 143 Å². The summed E-state index contributed by atoms with van der Waals surface area (Å²) >= 11 is 0. The molecule has 0 radical (unpaired) electrons. The van der Waals surface area contributed by atoms with Crippen LogP contribution in [0.1, 0.15) is 41.6 Å². The highest BCUT2D eigenvalue weighted by molar-refractivity contribution is 5.95. The third kappa shape index (κ3) is 5.19. The number of anilines is 1. The van der Waals surface area contributed by atoms with E-state index in [4.69, 9.17) is 9.84 Å². The Hall–Kier alpha value is -2.09. The molecule has 1 aliphatic rings. The third-order valence-electron chi connectivity index (χ3n) is 4.33. The maximum absolute atomic E-state index is 12.9. The van der Waals surface area contributed by atoms with Crippen LogP contribution in [0.3, 0.4) is 0 Å². The van der Waals surface area contributed by atoms with Crippen LogP contribution in [0, 0.1) is 11.8 Å². The van der Waals surface area contributed by atoms with E-state index in [-0.39, 0.29) is 30.7 Å². The first kappa shape index (κ1) is 19.2. The van der Waals surface area contributed by atoms with Crippen molar-refractivity contribution in [3.05, 3.63) is 29.3 Å². The Balaban J connectivity index is 2.12. The van der Waals surface area contributed by atoms with Crippen molar-refractivity contribution < 1.29 is 32.6 Å². The van der Waals surface area contributed by atoms with Crippen LogP contribution in [0.4, 0.5) is 18.9 Å². The number of benzene rings is 1. The minimum Gasteiger partial charge on any atom is -0.478 e. The summed E-state index contributed by atoms with van der Waals surface area (Å²) < 4.78 is 43.6. The zero-order valence-electron chi connectivity index (χ0n) is 13.7.